The Balaban J connectivity index is 1.75. The average Bonchev–Trinajstić information content (AvgIpc) is 2.67. The van der Waals surface area contributed by atoms with Crippen molar-refractivity contribution in [2.24, 2.45) is 0 Å². The third-order valence-corrected chi connectivity index (χ3v) is 4.58. The van der Waals surface area contributed by atoms with Gasteiger partial charge in [0.1, 0.15) is 11.7 Å². The number of esters is 1. The zero-order valence-electron chi connectivity index (χ0n) is 17.5. The number of aromatic nitrogens is 1. The van der Waals surface area contributed by atoms with Crippen LogP contribution < -0.4 is 16.0 Å². The van der Waals surface area contributed by atoms with Crippen molar-refractivity contribution in [1.82, 2.24) is 10.3 Å². The minimum absolute atomic E-state index is 0.283. The molecule has 160 valence electrons. The summed E-state index contributed by atoms with van der Waals surface area (Å²) in [6.07, 6.45) is 2.76. The topological polar surface area (TPSA) is 107 Å². The number of ether oxygens (including phenoxy) is 2. The number of hydrogen-bond donors (Lipinski definition) is 2. The lowest BCUT2D eigenvalue weighted by atomic mass is 10.0. The molecule has 1 aliphatic rings. The van der Waals surface area contributed by atoms with Crippen molar-refractivity contribution in [3.8, 4) is 0 Å². The number of amides is 1. The van der Waals surface area contributed by atoms with Gasteiger partial charge in [-0.25, -0.2) is 9.59 Å². The molecule has 3 N–H and O–H groups in total. The lowest BCUT2D eigenvalue weighted by Gasteiger charge is -2.39. The molecule has 0 saturated carbocycles. The van der Waals surface area contributed by atoms with E-state index in [0.717, 1.165) is 5.69 Å². The van der Waals surface area contributed by atoms with Crippen molar-refractivity contribution in [3.05, 3.63) is 54.4 Å². The summed E-state index contributed by atoms with van der Waals surface area (Å²) in [5.41, 5.74) is 7.27. The number of carbonyl (C=O) groups is 2. The van der Waals surface area contributed by atoms with Gasteiger partial charge in [-0.3, -0.25) is 4.98 Å². The predicted octanol–water partition coefficient (Wildman–Crippen LogP) is 2.99. The summed E-state index contributed by atoms with van der Waals surface area (Å²) < 4.78 is 11.1. The smallest absolute Gasteiger partial charge is 0.407 e. The van der Waals surface area contributed by atoms with E-state index in [1.165, 1.54) is 0 Å². The van der Waals surface area contributed by atoms with Crippen molar-refractivity contribution >= 4 is 23.4 Å². The fraction of sp³-hybridized carbons (Fsp3) is 0.409. The maximum atomic E-state index is 12.6. The third kappa shape index (κ3) is 5.85. The van der Waals surface area contributed by atoms with E-state index in [1.807, 2.05) is 31.7 Å². The van der Waals surface area contributed by atoms with E-state index in [4.69, 9.17) is 15.2 Å². The fourth-order valence-electron chi connectivity index (χ4n) is 3.39. The summed E-state index contributed by atoms with van der Waals surface area (Å²) in [6.45, 7) is 6.39. The molecule has 8 nitrogen and oxygen atoms in total. The van der Waals surface area contributed by atoms with Gasteiger partial charge in [0.2, 0.25) is 0 Å². The summed E-state index contributed by atoms with van der Waals surface area (Å²) in [7, 11) is 0. The first-order valence-electron chi connectivity index (χ1n) is 9.91. The summed E-state index contributed by atoms with van der Waals surface area (Å²) in [5, 5.41) is 2.89. The van der Waals surface area contributed by atoms with Crippen LogP contribution in [0.1, 0.15) is 37.6 Å². The number of anilines is 2. The van der Waals surface area contributed by atoms with E-state index >= 15 is 0 Å². The first-order valence-corrected chi connectivity index (χ1v) is 9.91. The molecule has 0 aliphatic carbocycles. The number of hydrogen-bond acceptors (Lipinski definition) is 7. The highest BCUT2D eigenvalue weighted by atomic mass is 16.6. The molecule has 1 aromatic carbocycles. The van der Waals surface area contributed by atoms with Gasteiger partial charge in [0.05, 0.1) is 35.7 Å². The molecule has 1 aliphatic heterocycles. The Labute approximate surface area is 176 Å². The number of benzene rings is 1. The molecule has 1 aromatic heterocycles. The molecule has 30 heavy (non-hydrogen) atoms. The number of alkyl carbamates (subject to hydrolysis) is 1. The number of rotatable bonds is 4. The number of nitrogens with one attached hydrogen (secondary N) is 1. The van der Waals surface area contributed by atoms with Gasteiger partial charge in [0.25, 0.3) is 0 Å². The zero-order chi connectivity index (χ0) is 21.7. The van der Waals surface area contributed by atoms with Crippen LogP contribution in [0.3, 0.4) is 0 Å². The Bertz CT molecular complexity index is 882. The van der Waals surface area contributed by atoms with E-state index in [2.05, 4.69) is 10.3 Å². The maximum absolute atomic E-state index is 12.6. The number of nitrogens with zero attached hydrogens (tertiary/aromatic N) is 2. The standard InChI is InChI=1S/C22H28N4O4/c1-22(2,3)30-21(28)25-16-11-17(29-20(27)15-7-5-4-6-8-15)14-26(13-16)19-9-10-24-12-18(19)23/h4-10,12,16-17H,11,13-14,23H2,1-3H3,(H,25,28)/t16-,17-/m0/s1. The highest BCUT2D eigenvalue weighted by molar-refractivity contribution is 5.89. The zero-order valence-corrected chi connectivity index (χ0v) is 17.5. The van der Waals surface area contributed by atoms with Gasteiger partial charge in [0, 0.05) is 19.2 Å². The molecular weight excluding hydrogens is 384 g/mol. The minimum Gasteiger partial charge on any atom is -0.457 e. The van der Waals surface area contributed by atoms with Crippen molar-refractivity contribution in [1.29, 1.82) is 0 Å². The second-order valence-electron chi connectivity index (χ2n) is 8.31. The second-order valence-corrected chi connectivity index (χ2v) is 8.31. The van der Waals surface area contributed by atoms with Gasteiger partial charge in [-0.15, -0.1) is 0 Å². The fourth-order valence-corrected chi connectivity index (χ4v) is 3.39. The van der Waals surface area contributed by atoms with Crippen molar-refractivity contribution in [3.63, 3.8) is 0 Å². The molecule has 2 atom stereocenters. The summed E-state index contributed by atoms with van der Waals surface area (Å²) in [6, 6.07) is 10.4. The molecule has 2 heterocycles. The van der Waals surface area contributed by atoms with Crippen molar-refractivity contribution < 1.29 is 19.1 Å². The lowest BCUT2D eigenvalue weighted by Crippen LogP contribution is -2.54. The van der Waals surface area contributed by atoms with E-state index in [-0.39, 0.29) is 6.04 Å². The molecule has 0 bridgehead atoms. The van der Waals surface area contributed by atoms with Crippen LogP contribution in [-0.2, 0) is 9.47 Å². The molecule has 1 saturated heterocycles. The lowest BCUT2D eigenvalue weighted by molar-refractivity contribution is 0.0223. The van der Waals surface area contributed by atoms with Crippen molar-refractivity contribution in [2.75, 3.05) is 23.7 Å². The molecule has 0 unspecified atom stereocenters. The van der Waals surface area contributed by atoms with Crippen LogP contribution in [-0.4, -0.2) is 47.9 Å². The summed E-state index contributed by atoms with van der Waals surface area (Å²) >= 11 is 0. The van der Waals surface area contributed by atoms with Crippen LogP contribution in [0.15, 0.2) is 48.8 Å². The second kappa shape index (κ2) is 9.02. The van der Waals surface area contributed by atoms with Crippen LogP contribution in [0.4, 0.5) is 16.2 Å². The number of carbonyl (C=O) groups excluding carboxylic acids is 2. The monoisotopic (exact) mass is 412 g/mol. The predicted molar refractivity (Wildman–Crippen MR) is 114 cm³/mol. The normalized spacial score (nSPS) is 19.1. The minimum atomic E-state index is -0.604. The Morgan fingerprint density at radius 1 is 1.17 bits per heavy atom. The van der Waals surface area contributed by atoms with Crippen LogP contribution in [0.25, 0.3) is 0 Å². The van der Waals surface area contributed by atoms with Gasteiger partial charge in [0.15, 0.2) is 0 Å². The van der Waals surface area contributed by atoms with Crippen LogP contribution in [0, 0.1) is 0 Å². The molecule has 3 rings (SSSR count). The van der Waals surface area contributed by atoms with E-state index in [0.29, 0.717) is 30.8 Å². The van der Waals surface area contributed by atoms with E-state index < -0.39 is 23.8 Å². The molecule has 8 heteroatoms. The molecule has 0 radical (unpaired) electrons. The molecule has 2 aromatic rings. The molecule has 1 amide bonds. The number of piperidine rings is 1. The Kier molecular flexibility index (Phi) is 6.44. The van der Waals surface area contributed by atoms with Crippen LogP contribution >= 0.6 is 0 Å². The SMILES string of the molecule is CC(C)(C)OC(=O)N[C@H]1C[C@H](OC(=O)c2ccccc2)CN(c2ccncc2N)C1. The largest absolute Gasteiger partial charge is 0.457 e. The molecule has 0 spiro atoms. The first-order chi connectivity index (χ1) is 14.2. The van der Waals surface area contributed by atoms with Crippen LogP contribution in [0.2, 0.25) is 0 Å². The molecule has 1 fully saturated rings. The number of nitrogen functional groups attached to an aromatic ring is 1. The Hall–Kier alpha value is -3.29. The van der Waals surface area contributed by atoms with Gasteiger partial charge in [-0.2, -0.15) is 0 Å². The number of pyridine rings is 1. The highest BCUT2D eigenvalue weighted by Crippen LogP contribution is 2.27. The average molecular weight is 412 g/mol. The molecular formula is C22H28N4O4. The maximum Gasteiger partial charge on any atom is 0.407 e. The van der Waals surface area contributed by atoms with Crippen molar-refractivity contribution in [2.45, 2.75) is 44.9 Å². The summed E-state index contributed by atoms with van der Waals surface area (Å²) in [5.74, 6) is -0.402. The van der Waals surface area contributed by atoms with Crippen LogP contribution in [0.5, 0.6) is 0 Å². The highest BCUT2D eigenvalue weighted by Gasteiger charge is 2.32. The van der Waals surface area contributed by atoms with E-state index in [9.17, 15) is 9.59 Å². The first kappa shape index (κ1) is 21.4. The van der Waals surface area contributed by atoms with Gasteiger partial charge >= 0.3 is 12.1 Å². The number of nitrogens with two attached hydrogens (primary N) is 1. The van der Waals surface area contributed by atoms with E-state index in [1.54, 1.807) is 42.7 Å². The summed E-state index contributed by atoms with van der Waals surface area (Å²) in [4.78, 5) is 30.9. The van der Waals surface area contributed by atoms with Gasteiger partial charge in [-0.1, -0.05) is 18.2 Å². The Morgan fingerprint density at radius 2 is 1.90 bits per heavy atom. The quantitative estimate of drug-likeness (QED) is 0.744. The van der Waals surface area contributed by atoms with Gasteiger partial charge in [-0.05, 0) is 39.0 Å². The van der Waals surface area contributed by atoms with Gasteiger partial charge < -0.3 is 25.4 Å². The Morgan fingerprint density at radius 3 is 2.57 bits per heavy atom. The third-order valence-electron chi connectivity index (χ3n) is 4.58.